The molecule has 0 aliphatic heterocycles. The third-order valence-corrected chi connectivity index (χ3v) is 1.53. The second-order valence-electron chi connectivity index (χ2n) is 2.36. The lowest BCUT2D eigenvalue weighted by atomic mass is 10.6. The highest BCUT2D eigenvalue weighted by molar-refractivity contribution is 5.33. The Kier molecular flexibility index (Phi) is 1.89. The summed E-state index contributed by atoms with van der Waals surface area (Å²) < 4.78 is 1.70. The van der Waals surface area contributed by atoms with E-state index in [9.17, 15) is 0 Å². The number of nitrogens with two attached hydrogens (primary N) is 1. The Hall–Kier alpha value is -1.95. The molecule has 2 heterocycles. The molecule has 6 nitrogen and oxygen atoms in total. The van der Waals surface area contributed by atoms with E-state index in [0.29, 0.717) is 11.8 Å². The first-order valence-electron chi connectivity index (χ1n) is 3.68. The van der Waals surface area contributed by atoms with Crippen molar-refractivity contribution >= 4 is 5.82 Å². The average Bonchev–Trinajstić information content (AvgIpc) is 2.71. The summed E-state index contributed by atoms with van der Waals surface area (Å²) in [4.78, 5) is 12.0. The Balaban J connectivity index is 2.41. The van der Waals surface area contributed by atoms with Crippen LogP contribution in [0.1, 0.15) is 0 Å². The van der Waals surface area contributed by atoms with Crippen molar-refractivity contribution in [1.82, 2.24) is 19.5 Å². The maximum Gasteiger partial charge on any atom is 0.236 e. The van der Waals surface area contributed by atoms with E-state index in [4.69, 9.17) is 5.84 Å². The van der Waals surface area contributed by atoms with Crippen LogP contribution in [0.15, 0.2) is 31.0 Å². The predicted octanol–water partition coefficient (Wildman–Crippen LogP) is -0.0521. The largest absolute Gasteiger partial charge is 0.308 e. The average molecular weight is 176 g/mol. The highest BCUT2D eigenvalue weighted by Gasteiger charge is 1.98. The van der Waals surface area contributed by atoms with Gasteiger partial charge in [0.2, 0.25) is 5.95 Å². The van der Waals surface area contributed by atoms with Crippen LogP contribution in [0.4, 0.5) is 5.82 Å². The first kappa shape index (κ1) is 7.69. The van der Waals surface area contributed by atoms with Gasteiger partial charge in [-0.3, -0.25) is 4.57 Å². The Morgan fingerprint density at radius 3 is 3.00 bits per heavy atom. The van der Waals surface area contributed by atoms with E-state index in [2.05, 4.69) is 20.4 Å². The molecular weight excluding hydrogens is 168 g/mol. The normalized spacial score (nSPS) is 9.92. The molecule has 2 rings (SSSR count). The molecular formula is C7H8N6. The van der Waals surface area contributed by atoms with E-state index in [1.54, 1.807) is 35.6 Å². The van der Waals surface area contributed by atoms with Crippen LogP contribution in [-0.2, 0) is 0 Å². The molecule has 0 saturated heterocycles. The fourth-order valence-corrected chi connectivity index (χ4v) is 0.931. The lowest BCUT2D eigenvalue weighted by Crippen LogP contribution is -2.10. The monoisotopic (exact) mass is 176 g/mol. The molecule has 2 aromatic rings. The molecule has 6 heteroatoms. The molecule has 0 unspecified atom stereocenters. The molecule has 0 amide bonds. The number of rotatable bonds is 2. The number of hydrazine groups is 1. The number of nitrogen functional groups attached to an aromatic ring is 1. The topological polar surface area (TPSA) is 81.6 Å². The predicted molar refractivity (Wildman–Crippen MR) is 47.0 cm³/mol. The summed E-state index contributed by atoms with van der Waals surface area (Å²) in [7, 11) is 0. The van der Waals surface area contributed by atoms with E-state index in [-0.39, 0.29) is 0 Å². The van der Waals surface area contributed by atoms with Crippen LogP contribution in [0.2, 0.25) is 0 Å². The summed E-state index contributed by atoms with van der Waals surface area (Å²) in [6.45, 7) is 0. The van der Waals surface area contributed by atoms with Crippen LogP contribution in [0.25, 0.3) is 5.95 Å². The maximum absolute atomic E-state index is 5.21. The Labute approximate surface area is 74.4 Å². The molecule has 0 atom stereocenters. The summed E-state index contributed by atoms with van der Waals surface area (Å²) >= 11 is 0. The van der Waals surface area contributed by atoms with E-state index in [1.165, 1.54) is 0 Å². The van der Waals surface area contributed by atoms with Crippen molar-refractivity contribution in [2.45, 2.75) is 0 Å². The van der Waals surface area contributed by atoms with Crippen LogP contribution in [0.3, 0.4) is 0 Å². The quantitative estimate of drug-likeness (QED) is 0.495. The van der Waals surface area contributed by atoms with Crippen molar-refractivity contribution in [2.75, 3.05) is 5.43 Å². The fraction of sp³-hybridized carbons (Fsp3) is 0. The molecule has 3 N–H and O–H groups in total. The molecule has 0 spiro atoms. The van der Waals surface area contributed by atoms with E-state index in [1.807, 2.05) is 0 Å². The minimum atomic E-state index is 0.535. The smallest absolute Gasteiger partial charge is 0.236 e. The van der Waals surface area contributed by atoms with Gasteiger partial charge in [0.15, 0.2) is 0 Å². The minimum Gasteiger partial charge on any atom is -0.308 e. The summed E-state index contributed by atoms with van der Waals surface area (Å²) in [5, 5.41) is 0. The maximum atomic E-state index is 5.21. The van der Waals surface area contributed by atoms with Gasteiger partial charge in [0, 0.05) is 24.7 Å². The van der Waals surface area contributed by atoms with Gasteiger partial charge in [0.1, 0.15) is 12.1 Å². The highest BCUT2D eigenvalue weighted by Crippen LogP contribution is 2.03. The minimum absolute atomic E-state index is 0.535. The van der Waals surface area contributed by atoms with Crippen molar-refractivity contribution in [3.63, 3.8) is 0 Å². The van der Waals surface area contributed by atoms with Gasteiger partial charge in [-0.2, -0.15) is 4.98 Å². The number of hydrogen-bond donors (Lipinski definition) is 2. The Bertz CT molecular complexity index is 382. The molecule has 2 aromatic heterocycles. The molecule has 0 fully saturated rings. The van der Waals surface area contributed by atoms with Crippen LogP contribution in [0.5, 0.6) is 0 Å². The lowest BCUT2D eigenvalue weighted by molar-refractivity contribution is 0.924. The SMILES string of the molecule is NNc1ccnc(-n2ccnc2)n1. The first-order chi connectivity index (χ1) is 6.40. The number of aromatic nitrogens is 4. The standard InChI is InChI=1S/C7H8N6/c8-12-6-1-2-10-7(11-6)13-4-3-9-5-13/h1-5H,8H2,(H,10,11,12). The number of imidazole rings is 1. The number of anilines is 1. The molecule has 13 heavy (non-hydrogen) atoms. The zero-order valence-electron chi connectivity index (χ0n) is 6.75. The van der Waals surface area contributed by atoms with Crippen molar-refractivity contribution in [1.29, 1.82) is 0 Å². The number of nitrogens with zero attached hydrogens (tertiary/aromatic N) is 4. The molecule has 0 aliphatic rings. The number of hydrogen-bond acceptors (Lipinski definition) is 5. The third kappa shape index (κ3) is 1.47. The van der Waals surface area contributed by atoms with Crippen LogP contribution < -0.4 is 11.3 Å². The van der Waals surface area contributed by atoms with Crippen LogP contribution in [-0.4, -0.2) is 19.5 Å². The fourth-order valence-electron chi connectivity index (χ4n) is 0.931. The second kappa shape index (κ2) is 3.20. The van der Waals surface area contributed by atoms with E-state index >= 15 is 0 Å². The summed E-state index contributed by atoms with van der Waals surface area (Å²) in [5.41, 5.74) is 2.44. The molecule has 0 bridgehead atoms. The lowest BCUT2D eigenvalue weighted by Gasteiger charge is -2.01. The summed E-state index contributed by atoms with van der Waals surface area (Å²) in [5.74, 6) is 6.31. The zero-order valence-corrected chi connectivity index (χ0v) is 6.75. The van der Waals surface area contributed by atoms with Crippen molar-refractivity contribution in [3.8, 4) is 5.95 Å². The van der Waals surface area contributed by atoms with Gasteiger partial charge in [0.05, 0.1) is 0 Å². The van der Waals surface area contributed by atoms with Crippen LogP contribution in [0, 0.1) is 0 Å². The second-order valence-corrected chi connectivity index (χ2v) is 2.36. The highest BCUT2D eigenvalue weighted by atomic mass is 15.3. The Morgan fingerprint density at radius 1 is 1.38 bits per heavy atom. The van der Waals surface area contributed by atoms with Crippen LogP contribution >= 0.6 is 0 Å². The van der Waals surface area contributed by atoms with Gasteiger partial charge in [0.25, 0.3) is 0 Å². The number of nitrogens with one attached hydrogen (secondary N) is 1. The molecule has 66 valence electrons. The first-order valence-corrected chi connectivity index (χ1v) is 3.68. The van der Waals surface area contributed by atoms with E-state index < -0.39 is 0 Å². The van der Waals surface area contributed by atoms with Gasteiger partial charge in [-0.1, -0.05) is 0 Å². The van der Waals surface area contributed by atoms with Crippen molar-refractivity contribution in [2.24, 2.45) is 5.84 Å². The third-order valence-electron chi connectivity index (χ3n) is 1.53. The van der Waals surface area contributed by atoms with Crippen molar-refractivity contribution < 1.29 is 0 Å². The zero-order chi connectivity index (χ0) is 9.10. The summed E-state index contributed by atoms with van der Waals surface area (Å²) in [6.07, 6.45) is 6.66. The molecule has 0 aromatic carbocycles. The molecule has 0 saturated carbocycles. The molecule has 0 aliphatic carbocycles. The van der Waals surface area contributed by atoms with Gasteiger partial charge in [-0.05, 0) is 0 Å². The van der Waals surface area contributed by atoms with Gasteiger partial charge < -0.3 is 5.43 Å². The van der Waals surface area contributed by atoms with E-state index in [0.717, 1.165) is 0 Å². The van der Waals surface area contributed by atoms with Gasteiger partial charge in [-0.25, -0.2) is 15.8 Å². The Morgan fingerprint density at radius 2 is 2.31 bits per heavy atom. The van der Waals surface area contributed by atoms with Gasteiger partial charge in [-0.15, -0.1) is 0 Å². The molecule has 0 radical (unpaired) electrons. The van der Waals surface area contributed by atoms with Crippen molar-refractivity contribution in [3.05, 3.63) is 31.0 Å². The van der Waals surface area contributed by atoms with Gasteiger partial charge >= 0.3 is 0 Å². The summed E-state index contributed by atoms with van der Waals surface area (Å²) in [6, 6.07) is 1.68.